The molecular weight excluding hydrogens is 786 g/mol. The first kappa shape index (κ1) is 58.5. The van der Waals surface area contributed by atoms with Gasteiger partial charge in [-0.15, -0.1) is 0 Å². The van der Waals surface area contributed by atoms with Crippen molar-refractivity contribution in [2.24, 2.45) is 5.73 Å². The normalized spacial score (nSPS) is 13.8. The van der Waals surface area contributed by atoms with Gasteiger partial charge in [-0.1, -0.05) is 189 Å². The molecular formula is C51H90NO8P. The van der Waals surface area contributed by atoms with Crippen molar-refractivity contribution < 1.29 is 37.6 Å². The van der Waals surface area contributed by atoms with Crippen LogP contribution in [0.3, 0.4) is 0 Å². The van der Waals surface area contributed by atoms with Crippen molar-refractivity contribution in [1.29, 1.82) is 0 Å². The molecule has 61 heavy (non-hydrogen) atoms. The number of carbonyl (C=O) groups excluding carboxylic acids is 2. The predicted octanol–water partition coefficient (Wildman–Crippen LogP) is 14.6. The zero-order valence-corrected chi connectivity index (χ0v) is 39.8. The van der Waals surface area contributed by atoms with E-state index in [1.54, 1.807) is 0 Å². The zero-order valence-electron chi connectivity index (χ0n) is 38.9. The van der Waals surface area contributed by atoms with Gasteiger partial charge in [0, 0.05) is 19.4 Å². The Morgan fingerprint density at radius 3 is 1.38 bits per heavy atom. The van der Waals surface area contributed by atoms with E-state index >= 15 is 0 Å². The summed E-state index contributed by atoms with van der Waals surface area (Å²) in [5, 5.41) is 0. The summed E-state index contributed by atoms with van der Waals surface area (Å²) in [5.74, 6) is -0.926. The van der Waals surface area contributed by atoms with Crippen LogP contribution in [0.5, 0.6) is 0 Å². The standard InChI is InChI=1S/C51H90NO8P/c1-3-5-7-9-11-13-15-17-19-21-23-24-26-28-30-32-34-36-38-40-42-44-51(54)60-49(48-59-61(55,56)58-46-45-52)47-57-50(53)43-41-39-37-35-33-31-29-27-25-22-20-18-16-14-12-10-8-6-4-2/h12,14,17-20,25,27,31,33,37,39,49H,3-11,13,15-16,21-24,26,28-30,32,34-36,38,40-48,52H2,1-2H3,(H,55,56). The Morgan fingerprint density at radius 1 is 0.492 bits per heavy atom. The van der Waals surface area contributed by atoms with Crippen LogP contribution in [-0.2, 0) is 32.7 Å². The summed E-state index contributed by atoms with van der Waals surface area (Å²) < 4.78 is 32.8. The maximum Gasteiger partial charge on any atom is 0.472 e. The molecule has 2 unspecified atom stereocenters. The first-order chi connectivity index (χ1) is 29.8. The summed E-state index contributed by atoms with van der Waals surface area (Å²) in [7, 11) is -4.40. The van der Waals surface area contributed by atoms with E-state index in [4.69, 9.17) is 24.3 Å². The fourth-order valence-corrected chi connectivity index (χ4v) is 7.20. The highest BCUT2D eigenvalue weighted by Crippen LogP contribution is 2.43. The van der Waals surface area contributed by atoms with Gasteiger partial charge in [0.15, 0.2) is 6.10 Å². The lowest BCUT2D eigenvalue weighted by atomic mass is 10.0. The first-order valence-corrected chi connectivity index (χ1v) is 25.9. The number of ether oxygens (including phenoxy) is 2. The molecule has 3 N–H and O–H groups in total. The second-order valence-corrected chi connectivity index (χ2v) is 17.4. The maximum atomic E-state index is 12.6. The van der Waals surface area contributed by atoms with Crippen molar-refractivity contribution in [1.82, 2.24) is 0 Å². The summed E-state index contributed by atoms with van der Waals surface area (Å²) in [5.41, 5.74) is 5.36. The van der Waals surface area contributed by atoms with Crippen LogP contribution >= 0.6 is 7.82 Å². The van der Waals surface area contributed by atoms with E-state index in [0.717, 1.165) is 44.9 Å². The van der Waals surface area contributed by atoms with Crippen LogP contribution in [0.25, 0.3) is 0 Å². The molecule has 0 radical (unpaired) electrons. The van der Waals surface area contributed by atoms with E-state index < -0.39 is 32.5 Å². The number of unbranched alkanes of at least 4 members (excludes halogenated alkanes) is 20. The molecule has 0 saturated carbocycles. The Hall–Kier alpha value is -2.55. The molecule has 0 aromatic heterocycles. The molecule has 0 fully saturated rings. The molecule has 0 aromatic carbocycles. The van der Waals surface area contributed by atoms with Crippen molar-refractivity contribution in [3.05, 3.63) is 72.9 Å². The van der Waals surface area contributed by atoms with Gasteiger partial charge in [0.05, 0.1) is 13.2 Å². The van der Waals surface area contributed by atoms with Crippen LogP contribution in [0, 0.1) is 0 Å². The molecule has 9 nitrogen and oxygen atoms in total. The number of nitrogens with two attached hydrogens (primary N) is 1. The smallest absolute Gasteiger partial charge is 0.462 e. The minimum atomic E-state index is -4.40. The summed E-state index contributed by atoms with van der Waals surface area (Å²) in [6, 6.07) is 0. The van der Waals surface area contributed by atoms with Crippen LogP contribution in [0.1, 0.15) is 206 Å². The number of phosphoric acid groups is 1. The molecule has 0 aromatic rings. The van der Waals surface area contributed by atoms with Crippen LogP contribution < -0.4 is 5.73 Å². The van der Waals surface area contributed by atoms with Crippen molar-refractivity contribution >= 4 is 19.8 Å². The SMILES string of the molecule is CCCCCC=CCC=CCC=CCC=CCC=CCCC(=O)OCC(COP(=O)(O)OCCN)OC(=O)CCCCCCCCCCCCCC=CCCCCCCCC. The summed E-state index contributed by atoms with van der Waals surface area (Å²) >= 11 is 0. The number of carbonyl (C=O) groups is 2. The Labute approximate surface area is 373 Å². The Balaban J connectivity index is 4.19. The molecule has 0 saturated heterocycles. The van der Waals surface area contributed by atoms with E-state index in [0.29, 0.717) is 12.8 Å². The molecule has 0 aliphatic heterocycles. The van der Waals surface area contributed by atoms with Gasteiger partial charge in [0.25, 0.3) is 0 Å². The van der Waals surface area contributed by atoms with E-state index in [1.807, 2.05) is 12.2 Å². The fourth-order valence-electron chi connectivity index (χ4n) is 6.44. The molecule has 10 heteroatoms. The lowest BCUT2D eigenvalue weighted by molar-refractivity contribution is -0.161. The monoisotopic (exact) mass is 876 g/mol. The molecule has 0 amide bonds. The average Bonchev–Trinajstić information content (AvgIpc) is 3.25. The van der Waals surface area contributed by atoms with Crippen molar-refractivity contribution in [2.75, 3.05) is 26.4 Å². The molecule has 2 atom stereocenters. The molecule has 352 valence electrons. The quantitative estimate of drug-likeness (QED) is 0.0265. The Morgan fingerprint density at radius 2 is 0.885 bits per heavy atom. The Kier molecular flexibility index (Phi) is 45.0. The number of hydrogen-bond donors (Lipinski definition) is 2. The van der Waals surface area contributed by atoms with Crippen molar-refractivity contribution in [3.63, 3.8) is 0 Å². The third-order valence-electron chi connectivity index (χ3n) is 10.1. The van der Waals surface area contributed by atoms with Crippen LogP contribution in [0.4, 0.5) is 0 Å². The van der Waals surface area contributed by atoms with Gasteiger partial charge in [-0.05, 0) is 77.0 Å². The minimum absolute atomic E-state index is 0.0413. The number of allylic oxidation sites excluding steroid dienone is 12. The van der Waals surface area contributed by atoms with Gasteiger partial charge in [-0.25, -0.2) is 4.57 Å². The number of esters is 2. The van der Waals surface area contributed by atoms with Crippen LogP contribution in [0.2, 0.25) is 0 Å². The first-order valence-electron chi connectivity index (χ1n) is 24.4. The molecule has 0 spiro atoms. The number of rotatable bonds is 45. The lowest BCUT2D eigenvalue weighted by Gasteiger charge is -2.19. The third-order valence-corrected chi connectivity index (χ3v) is 11.1. The number of hydrogen-bond acceptors (Lipinski definition) is 8. The van der Waals surface area contributed by atoms with Crippen molar-refractivity contribution in [3.8, 4) is 0 Å². The van der Waals surface area contributed by atoms with E-state index in [2.05, 4.69) is 74.6 Å². The Bertz CT molecular complexity index is 1230. The minimum Gasteiger partial charge on any atom is -0.462 e. The number of phosphoric ester groups is 1. The highest BCUT2D eigenvalue weighted by Gasteiger charge is 2.26. The van der Waals surface area contributed by atoms with E-state index in [-0.39, 0.29) is 32.6 Å². The average molecular weight is 876 g/mol. The molecule has 0 rings (SSSR count). The van der Waals surface area contributed by atoms with Gasteiger partial charge in [-0.2, -0.15) is 0 Å². The topological polar surface area (TPSA) is 134 Å². The lowest BCUT2D eigenvalue weighted by Crippen LogP contribution is -2.29. The summed E-state index contributed by atoms with van der Waals surface area (Å²) in [4.78, 5) is 35.0. The van der Waals surface area contributed by atoms with Gasteiger partial charge < -0.3 is 20.1 Å². The van der Waals surface area contributed by atoms with Gasteiger partial charge in [0.1, 0.15) is 6.61 Å². The van der Waals surface area contributed by atoms with E-state index in [1.165, 1.54) is 122 Å². The fraction of sp³-hybridized carbons (Fsp3) is 0.725. The summed E-state index contributed by atoms with van der Waals surface area (Å²) in [6.45, 7) is 3.62. The highest BCUT2D eigenvalue weighted by molar-refractivity contribution is 7.47. The summed E-state index contributed by atoms with van der Waals surface area (Å²) in [6.07, 6.45) is 58.1. The van der Waals surface area contributed by atoms with Crippen LogP contribution in [0.15, 0.2) is 72.9 Å². The third kappa shape index (κ3) is 46.8. The molecule has 0 bridgehead atoms. The molecule has 0 heterocycles. The zero-order chi connectivity index (χ0) is 44.6. The highest BCUT2D eigenvalue weighted by atomic mass is 31.2. The predicted molar refractivity (Wildman–Crippen MR) is 256 cm³/mol. The molecule has 0 aliphatic rings. The van der Waals surface area contributed by atoms with E-state index in [9.17, 15) is 19.0 Å². The van der Waals surface area contributed by atoms with Crippen LogP contribution in [-0.4, -0.2) is 49.3 Å². The van der Waals surface area contributed by atoms with Crippen molar-refractivity contribution in [2.45, 2.75) is 213 Å². The molecule has 0 aliphatic carbocycles. The van der Waals surface area contributed by atoms with Gasteiger partial charge in [0.2, 0.25) is 0 Å². The van der Waals surface area contributed by atoms with Gasteiger partial charge in [-0.3, -0.25) is 18.6 Å². The second kappa shape index (κ2) is 46.9. The van der Waals surface area contributed by atoms with Gasteiger partial charge >= 0.3 is 19.8 Å². The second-order valence-electron chi connectivity index (χ2n) is 16.0. The largest absolute Gasteiger partial charge is 0.472 e. The maximum absolute atomic E-state index is 12.6.